The van der Waals surface area contributed by atoms with Crippen LogP contribution in [0, 0.1) is 29.6 Å². The number of fused-ring (bicyclic) bond motifs is 6. The third-order valence-corrected chi connectivity index (χ3v) is 11.0. The summed E-state index contributed by atoms with van der Waals surface area (Å²) in [7, 11) is 0. The third kappa shape index (κ3) is 2.51. The molecule has 0 aliphatic heterocycles. The van der Waals surface area contributed by atoms with Crippen LogP contribution in [-0.4, -0.2) is 11.1 Å². The normalized spacial score (nSPS) is 45.7. The maximum absolute atomic E-state index is 12.8. The molecule has 6 fully saturated rings. The molecule has 2 heteroatoms. The summed E-state index contributed by atoms with van der Waals surface area (Å²) in [4.78, 5) is 12.8. The minimum Gasteiger partial charge on any atom is -0.478 e. The highest BCUT2D eigenvalue weighted by molar-refractivity contribution is 5.92. The Bertz CT molecular complexity index is 892. The molecular formula is C28H36O2. The van der Waals surface area contributed by atoms with E-state index in [1.165, 1.54) is 94.6 Å². The van der Waals surface area contributed by atoms with Crippen molar-refractivity contribution in [1.82, 2.24) is 0 Å². The van der Waals surface area contributed by atoms with Crippen LogP contribution >= 0.6 is 0 Å². The number of hydrogen-bond acceptors (Lipinski definition) is 1. The van der Waals surface area contributed by atoms with Crippen LogP contribution < -0.4 is 0 Å². The average molecular weight is 405 g/mol. The topological polar surface area (TPSA) is 37.3 Å². The van der Waals surface area contributed by atoms with Gasteiger partial charge in [0.15, 0.2) is 0 Å². The fourth-order valence-electron chi connectivity index (χ4n) is 9.70. The lowest BCUT2D eigenvalue weighted by Crippen LogP contribution is -2.26. The second-order valence-electron chi connectivity index (χ2n) is 12.3. The van der Waals surface area contributed by atoms with Crippen molar-refractivity contribution in [2.24, 2.45) is 29.6 Å². The highest BCUT2D eigenvalue weighted by Gasteiger charge is 2.50. The van der Waals surface area contributed by atoms with Gasteiger partial charge in [-0.2, -0.15) is 0 Å². The number of aromatic carboxylic acids is 1. The molecule has 0 heterocycles. The smallest absolute Gasteiger partial charge is 0.336 e. The van der Waals surface area contributed by atoms with Gasteiger partial charge in [-0.15, -0.1) is 0 Å². The zero-order valence-corrected chi connectivity index (χ0v) is 18.2. The molecule has 6 aliphatic carbocycles. The van der Waals surface area contributed by atoms with Gasteiger partial charge < -0.3 is 5.11 Å². The molecule has 7 rings (SSSR count). The molecular weight excluding hydrogens is 368 g/mol. The Morgan fingerprint density at radius 3 is 1.97 bits per heavy atom. The molecule has 6 bridgehead atoms. The van der Waals surface area contributed by atoms with E-state index in [0.717, 1.165) is 35.2 Å². The van der Waals surface area contributed by atoms with Gasteiger partial charge in [0, 0.05) is 0 Å². The molecule has 160 valence electrons. The van der Waals surface area contributed by atoms with E-state index in [0.29, 0.717) is 11.8 Å². The Labute approximate surface area is 180 Å². The first kappa shape index (κ1) is 18.3. The van der Waals surface area contributed by atoms with E-state index < -0.39 is 5.97 Å². The summed E-state index contributed by atoms with van der Waals surface area (Å²) in [6.45, 7) is 0. The Morgan fingerprint density at radius 2 is 1.47 bits per heavy atom. The van der Waals surface area contributed by atoms with Gasteiger partial charge in [-0.05, 0) is 134 Å². The SMILES string of the molecule is O=C(O)c1c(C2CC3CCC2C3)cc(C2CC3CCC2C3)cc1C12CCC(CC1)C2. The summed E-state index contributed by atoms with van der Waals surface area (Å²) in [5.41, 5.74) is 5.05. The number of benzene rings is 1. The van der Waals surface area contributed by atoms with Crippen LogP contribution in [0.2, 0.25) is 0 Å². The van der Waals surface area contributed by atoms with E-state index >= 15 is 0 Å². The minimum absolute atomic E-state index is 0.179. The molecule has 0 amide bonds. The van der Waals surface area contributed by atoms with Crippen molar-refractivity contribution in [2.45, 2.75) is 101 Å². The van der Waals surface area contributed by atoms with Gasteiger partial charge in [0.1, 0.15) is 0 Å². The predicted molar refractivity (Wildman–Crippen MR) is 118 cm³/mol. The minimum atomic E-state index is -0.632. The van der Waals surface area contributed by atoms with Crippen molar-refractivity contribution in [1.29, 1.82) is 0 Å². The van der Waals surface area contributed by atoms with Crippen LogP contribution in [0.15, 0.2) is 12.1 Å². The quantitative estimate of drug-likeness (QED) is 0.585. The predicted octanol–water partition coefficient (Wildman–Crippen LogP) is 7.02. The van der Waals surface area contributed by atoms with E-state index in [-0.39, 0.29) is 5.41 Å². The molecule has 0 spiro atoms. The lowest BCUT2D eigenvalue weighted by Gasteiger charge is -2.34. The van der Waals surface area contributed by atoms with Crippen LogP contribution in [0.1, 0.15) is 122 Å². The Hall–Kier alpha value is -1.31. The van der Waals surface area contributed by atoms with Gasteiger partial charge in [-0.1, -0.05) is 25.0 Å². The van der Waals surface area contributed by atoms with Crippen LogP contribution in [0.25, 0.3) is 0 Å². The monoisotopic (exact) mass is 404 g/mol. The van der Waals surface area contributed by atoms with E-state index in [1.807, 2.05) is 0 Å². The van der Waals surface area contributed by atoms with Gasteiger partial charge in [-0.3, -0.25) is 0 Å². The van der Waals surface area contributed by atoms with Gasteiger partial charge in [0.05, 0.1) is 5.56 Å². The zero-order valence-electron chi connectivity index (χ0n) is 18.2. The summed E-state index contributed by atoms with van der Waals surface area (Å²) in [5.74, 6) is 4.85. The van der Waals surface area contributed by atoms with Gasteiger partial charge in [0.25, 0.3) is 0 Å². The fraction of sp³-hybridized carbons (Fsp3) is 0.750. The molecule has 6 atom stereocenters. The van der Waals surface area contributed by atoms with E-state index in [4.69, 9.17) is 0 Å². The maximum Gasteiger partial charge on any atom is 0.336 e. The first-order valence-electron chi connectivity index (χ1n) is 13.0. The summed E-state index contributed by atoms with van der Waals surface area (Å²) >= 11 is 0. The molecule has 6 aliphatic rings. The second kappa shape index (κ2) is 6.36. The van der Waals surface area contributed by atoms with Gasteiger partial charge in [-0.25, -0.2) is 4.79 Å². The molecule has 2 nitrogen and oxygen atoms in total. The second-order valence-corrected chi connectivity index (χ2v) is 12.3. The molecule has 0 radical (unpaired) electrons. The number of carbonyl (C=O) groups is 1. The molecule has 0 saturated heterocycles. The standard InChI is InChI=1S/C28H36O2/c29-27(30)26-24(23-12-18-2-4-20(23)10-18)13-21(22-11-17-1-3-19(22)9-17)14-25(26)28-7-5-16(15-28)6-8-28/h13-14,16-20,22-23H,1-12,15H2,(H,29,30). The number of carboxylic acids is 1. The van der Waals surface area contributed by atoms with Crippen LogP contribution in [0.5, 0.6) is 0 Å². The molecule has 6 saturated carbocycles. The van der Waals surface area contributed by atoms with Crippen molar-refractivity contribution in [3.63, 3.8) is 0 Å². The van der Waals surface area contributed by atoms with E-state index in [2.05, 4.69) is 12.1 Å². The summed E-state index contributed by atoms with van der Waals surface area (Å²) in [6.07, 6.45) is 17.3. The molecule has 1 N–H and O–H groups in total. The van der Waals surface area contributed by atoms with Gasteiger partial charge in [0.2, 0.25) is 0 Å². The van der Waals surface area contributed by atoms with Crippen molar-refractivity contribution < 1.29 is 9.90 Å². The Morgan fingerprint density at radius 1 is 0.800 bits per heavy atom. The average Bonchev–Trinajstić information content (AvgIpc) is 3.59. The number of rotatable bonds is 4. The Kier molecular flexibility index (Phi) is 3.88. The van der Waals surface area contributed by atoms with Gasteiger partial charge >= 0.3 is 5.97 Å². The first-order chi connectivity index (χ1) is 14.6. The number of hydrogen-bond donors (Lipinski definition) is 1. The largest absolute Gasteiger partial charge is 0.478 e. The van der Waals surface area contributed by atoms with Crippen molar-refractivity contribution >= 4 is 5.97 Å². The van der Waals surface area contributed by atoms with Crippen LogP contribution in [0.3, 0.4) is 0 Å². The van der Waals surface area contributed by atoms with Crippen molar-refractivity contribution in [3.8, 4) is 0 Å². The molecule has 1 aromatic rings. The highest BCUT2D eigenvalue weighted by Crippen LogP contribution is 2.60. The number of carboxylic acid groups (broad SMARTS) is 1. The Balaban J connectivity index is 1.40. The first-order valence-corrected chi connectivity index (χ1v) is 13.0. The lowest BCUT2D eigenvalue weighted by atomic mass is 9.69. The van der Waals surface area contributed by atoms with Crippen LogP contribution in [0.4, 0.5) is 0 Å². The fourth-order valence-corrected chi connectivity index (χ4v) is 9.70. The summed E-state index contributed by atoms with van der Waals surface area (Å²) < 4.78 is 0. The van der Waals surface area contributed by atoms with Crippen molar-refractivity contribution in [3.05, 3.63) is 34.4 Å². The van der Waals surface area contributed by atoms with E-state index in [1.54, 1.807) is 5.56 Å². The molecule has 6 unspecified atom stereocenters. The lowest BCUT2D eigenvalue weighted by molar-refractivity contribution is 0.0691. The molecule has 0 aromatic heterocycles. The molecule has 30 heavy (non-hydrogen) atoms. The summed E-state index contributed by atoms with van der Waals surface area (Å²) in [5, 5.41) is 10.5. The molecule has 1 aromatic carbocycles. The maximum atomic E-state index is 12.8. The van der Waals surface area contributed by atoms with Crippen LogP contribution in [-0.2, 0) is 5.41 Å². The van der Waals surface area contributed by atoms with E-state index in [9.17, 15) is 9.90 Å². The highest BCUT2D eigenvalue weighted by atomic mass is 16.4. The van der Waals surface area contributed by atoms with Crippen molar-refractivity contribution in [2.75, 3.05) is 0 Å². The summed E-state index contributed by atoms with van der Waals surface area (Å²) in [6, 6.07) is 4.90. The third-order valence-electron chi connectivity index (χ3n) is 11.0. The zero-order chi connectivity index (χ0) is 20.0.